The molecule has 0 saturated carbocycles. The minimum absolute atomic E-state index is 0. The zero-order chi connectivity index (χ0) is 18.7. The van der Waals surface area contributed by atoms with Gasteiger partial charge in [0.15, 0.2) is 5.96 Å². The Bertz CT molecular complexity index is 835. The van der Waals surface area contributed by atoms with Crippen molar-refractivity contribution in [1.29, 1.82) is 0 Å². The molecule has 28 heavy (non-hydrogen) atoms. The average Bonchev–Trinajstić information content (AvgIpc) is 3.20. The van der Waals surface area contributed by atoms with E-state index in [0.29, 0.717) is 13.1 Å². The van der Waals surface area contributed by atoms with Crippen LogP contribution in [0.1, 0.15) is 23.7 Å². The maximum Gasteiger partial charge on any atom is 0.191 e. The Morgan fingerprint density at radius 1 is 1.11 bits per heavy atom. The van der Waals surface area contributed by atoms with E-state index >= 15 is 0 Å². The number of aromatic nitrogens is 4. The van der Waals surface area contributed by atoms with Gasteiger partial charge in [-0.2, -0.15) is 5.10 Å². The third-order valence-corrected chi connectivity index (χ3v) is 3.97. The SMILES string of the molecule is CCNC(=NCc1cccc(Cn2cncn2)c1)NCCc1ccccn1.I. The Hall–Kier alpha value is -2.49. The van der Waals surface area contributed by atoms with Crippen molar-refractivity contribution in [3.63, 3.8) is 0 Å². The molecule has 0 aliphatic heterocycles. The molecule has 148 valence electrons. The smallest absolute Gasteiger partial charge is 0.191 e. The van der Waals surface area contributed by atoms with Crippen molar-refractivity contribution in [2.24, 2.45) is 4.99 Å². The van der Waals surface area contributed by atoms with E-state index in [9.17, 15) is 0 Å². The van der Waals surface area contributed by atoms with Crippen molar-refractivity contribution in [3.05, 3.63) is 78.1 Å². The molecule has 0 saturated heterocycles. The monoisotopic (exact) mass is 491 g/mol. The average molecular weight is 491 g/mol. The van der Waals surface area contributed by atoms with Gasteiger partial charge in [-0.3, -0.25) is 4.98 Å². The predicted octanol–water partition coefficient (Wildman–Crippen LogP) is 2.64. The molecule has 0 atom stereocenters. The lowest BCUT2D eigenvalue weighted by molar-refractivity contribution is 0.684. The number of aliphatic imine (C=N–C) groups is 1. The molecule has 7 nitrogen and oxygen atoms in total. The van der Waals surface area contributed by atoms with E-state index in [-0.39, 0.29) is 24.0 Å². The molecule has 0 aliphatic carbocycles. The molecule has 0 aliphatic rings. The van der Waals surface area contributed by atoms with Crippen molar-refractivity contribution in [2.75, 3.05) is 13.1 Å². The second-order valence-corrected chi connectivity index (χ2v) is 6.11. The highest BCUT2D eigenvalue weighted by atomic mass is 127. The minimum Gasteiger partial charge on any atom is -0.357 e. The first-order valence-electron chi connectivity index (χ1n) is 9.16. The summed E-state index contributed by atoms with van der Waals surface area (Å²) in [4.78, 5) is 13.0. The molecule has 3 rings (SSSR count). The van der Waals surface area contributed by atoms with Crippen LogP contribution in [0.15, 0.2) is 66.3 Å². The maximum absolute atomic E-state index is 4.69. The Balaban J connectivity index is 0.00000280. The van der Waals surface area contributed by atoms with Gasteiger partial charge in [0.05, 0.1) is 13.1 Å². The summed E-state index contributed by atoms with van der Waals surface area (Å²) in [5, 5.41) is 10.8. The summed E-state index contributed by atoms with van der Waals surface area (Å²) in [5.41, 5.74) is 3.41. The first-order chi connectivity index (χ1) is 13.3. The first-order valence-corrected chi connectivity index (χ1v) is 9.16. The van der Waals surface area contributed by atoms with Crippen molar-refractivity contribution in [1.82, 2.24) is 30.4 Å². The van der Waals surface area contributed by atoms with Gasteiger partial charge in [0.25, 0.3) is 0 Å². The van der Waals surface area contributed by atoms with Gasteiger partial charge in [-0.15, -0.1) is 24.0 Å². The second-order valence-electron chi connectivity index (χ2n) is 6.11. The fourth-order valence-electron chi connectivity index (χ4n) is 2.69. The Labute approximate surface area is 182 Å². The number of halogens is 1. The van der Waals surface area contributed by atoms with E-state index in [1.54, 1.807) is 12.7 Å². The Morgan fingerprint density at radius 2 is 2.00 bits per heavy atom. The van der Waals surface area contributed by atoms with Gasteiger partial charge in [-0.25, -0.2) is 14.7 Å². The van der Waals surface area contributed by atoms with Crippen molar-refractivity contribution < 1.29 is 0 Å². The molecule has 8 heteroatoms. The number of hydrogen-bond donors (Lipinski definition) is 2. The van der Waals surface area contributed by atoms with E-state index in [1.165, 1.54) is 5.56 Å². The van der Waals surface area contributed by atoms with Crippen LogP contribution in [0.4, 0.5) is 0 Å². The molecule has 2 heterocycles. The summed E-state index contributed by atoms with van der Waals surface area (Å²) in [7, 11) is 0. The largest absolute Gasteiger partial charge is 0.357 e. The third kappa shape index (κ3) is 7.26. The summed E-state index contributed by atoms with van der Waals surface area (Å²) in [6.45, 7) is 5.00. The van der Waals surface area contributed by atoms with E-state index in [0.717, 1.165) is 36.7 Å². The van der Waals surface area contributed by atoms with Crippen LogP contribution in [0.3, 0.4) is 0 Å². The molecule has 3 aromatic rings. The van der Waals surface area contributed by atoms with E-state index in [1.807, 2.05) is 29.1 Å². The van der Waals surface area contributed by atoms with Gasteiger partial charge in [0.2, 0.25) is 0 Å². The lowest BCUT2D eigenvalue weighted by Crippen LogP contribution is -2.38. The zero-order valence-corrected chi connectivity index (χ0v) is 18.3. The quantitative estimate of drug-likeness (QED) is 0.288. The summed E-state index contributed by atoms with van der Waals surface area (Å²) in [6, 6.07) is 14.4. The van der Waals surface area contributed by atoms with Crippen molar-refractivity contribution in [2.45, 2.75) is 26.4 Å². The molecular weight excluding hydrogens is 465 g/mol. The molecule has 2 N–H and O–H groups in total. The van der Waals surface area contributed by atoms with Gasteiger partial charge in [0.1, 0.15) is 12.7 Å². The van der Waals surface area contributed by atoms with Crippen molar-refractivity contribution in [3.8, 4) is 0 Å². The highest BCUT2D eigenvalue weighted by Crippen LogP contribution is 2.08. The number of guanidine groups is 1. The number of pyridine rings is 1. The van der Waals surface area contributed by atoms with Crippen LogP contribution in [0.25, 0.3) is 0 Å². The second kappa shape index (κ2) is 12.1. The molecule has 0 fully saturated rings. The van der Waals surface area contributed by atoms with Gasteiger partial charge in [-0.1, -0.05) is 30.3 Å². The molecule has 0 unspecified atom stereocenters. The lowest BCUT2D eigenvalue weighted by atomic mass is 10.1. The molecular formula is C20H26IN7. The molecule has 0 radical (unpaired) electrons. The van der Waals surface area contributed by atoms with Gasteiger partial charge < -0.3 is 10.6 Å². The number of nitrogens with one attached hydrogen (secondary N) is 2. The molecule has 1 aromatic carbocycles. The highest BCUT2D eigenvalue weighted by Gasteiger charge is 2.01. The third-order valence-electron chi connectivity index (χ3n) is 3.97. The summed E-state index contributed by atoms with van der Waals surface area (Å²) >= 11 is 0. The summed E-state index contributed by atoms with van der Waals surface area (Å²) in [6.07, 6.45) is 5.95. The number of rotatable bonds is 8. The van der Waals surface area contributed by atoms with E-state index in [4.69, 9.17) is 4.99 Å². The molecule has 0 bridgehead atoms. The lowest BCUT2D eigenvalue weighted by Gasteiger charge is -2.11. The summed E-state index contributed by atoms with van der Waals surface area (Å²) < 4.78 is 1.81. The summed E-state index contributed by atoms with van der Waals surface area (Å²) in [5.74, 6) is 0.815. The van der Waals surface area contributed by atoms with Crippen LogP contribution in [0.2, 0.25) is 0 Å². The van der Waals surface area contributed by atoms with Crippen LogP contribution < -0.4 is 10.6 Å². The number of benzene rings is 1. The Kier molecular flexibility index (Phi) is 9.40. The van der Waals surface area contributed by atoms with Gasteiger partial charge in [-0.05, 0) is 30.2 Å². The molecule has 2 aromatic heterocycles. The fraction of sp³-hybridized carbons (Fsp3) is 0.300. The minimum atomic E-state index is 0. The normalized spacial score (nSPS) is 11.0. The molecule has 0 amide bonds. The molecule has 0 spiro atoms. The van der Waals surface area contributed by atoms with Crippen LogP contribution in [-0.2, 0) is 19.5 Å². The highest BCUT2D eigenvalue weighted by molar-refractivity contribution is 14.0. The van der Waals surface area contributed by atoms with Crippen LogP contribution in [0, 0.1) is 0 Å². The van der Waals surface area contributed by atoms with E-state index in [2.05, 4.69) is 56.9 Å². The predicted molar refractivity (Wildman–Crippen MR) is 122 cm³/mol. The zero-order valence-electron chi connectivity index (χ0n) is 16.0. The van der Waals surface area contributed by atoms with Gasteiger partial charge >= 0.3 is 0 Å². The standard InChI is InChI=1S/C20H25N7.HI/c1-2-22-20(24-11-9-19-8-3-4-10-23-19)25-13-17-6-5-7-18(12-17)14-27-16-21-15-26-27;/h3-8,10,12,15-16H,2,9,11,13-14H2,1H3,(H2,22,24,25);1H. The fourth-order valence-corrected chi connectivity index (χ4v) is 2.69. The Morgan fingerprint density at radius 3 is 2.75 bits per heavy atom. The maximum atomic E-state index is 4.69. The van der Waals surface area contributed by atoms with Crippen molar-refractivity contribution >= 4 is 29.9 Å². The number of nitrogens with zero attached hydrogens (tertiary/aromatic N) is 5. The van der Waals surface area contributed by atoms with Crippen LogP contribution >= 0.6 is 24.0 Å². The van der Waals surface area contributed by atoms with Gasteiger partial charge in [0, 0.05) is 31.4 Å². The van der Waals surface area contributed by atoms with E-state index < -0.39 is 0 Å². The van der Waals surface area contributed by atoms with Crippen LogP contribution in [-0.4, -0.2) is 38.8 Å². The first kappa shape index (κ1) is 21.8. The number of hydrogen-bond acceptors (Lipinski definition) is 4. The van der Waals surface area contributed by atoms with Crippen LogP contribution in [0.5, 0.6) is 0 Å². The topological polar surface area (TPSA) is 80.0 Å².